The lowest BCUT2D eigenvalue weighted by Gasteiger charge is -2.44. The van der Waals surface area contributed by atoms with E-state index in [0.29, 0.717) is 13.1 Å². The highest BCUT2D eigenvalue weighted by Crippen LogP contribution is 2.43. The van der Waals surface area contributed by atoms with Crippen LogP contribution in [-0.4, -0.2) is 59.6 Å². The van der Waals surface area contributed by atoms with Crippen molar-refractivity contribution in [3.05, 3.63) is 29.8 Å². The van der Waals surface area contributed by atoms with E-state index in [-0.39, 0.29) is 29.6 Å². The number of ether oxygens (including phenoxy) is 1. The Hall–Kier alpha value is -2.08. The quantitative estimate of drug-likeness (QED) is 0.849. The summed E-state index contributed by atoms with van der Waals surface area (Å²) in [5.41, 5.74) is 1.68. The average Bonchev–Trinajstić information content (AvgIpc) is 3.34. The molecule has 1 aromatic carbocycles. The molecule has 3 aliphatic rings. The van der Waals surface area contributed by atoms with Crippen LogP contribution in [0.25, 0.3) is 0 Å². The molecule has 3 fully saturated rings. The summed E-state index contributed by atoms with van der Waals surface area (Å²) >= 11 is 0. The number of anilines is 1. The topological polar surface area (TPSA) is 61.9 Å². The minimum absolute atomic E-state index is 0.0602. The van der Waals surface area contributed by atoms with Crippen LogP contribution in [-0.2, 0) is 9.53 Å². The van der Waals surface area contributed by atoms with E-state index < -0.39 is 0 Å². The van der Waals surface area contributed by atoms with Crippen LogP contribution in [0.4, 0.5) is 10.5 Å². The second kappa shape index (κ2) is 7.74. The zero-order valence-corrected chi connectivity index (χ0v) is 16.9. The number of benzene rings is 1. The Bertz CT molecular complexity index is 746. The lowest BCUT2D eigenvalue weighted by molar-refractivity contribution is -0.154. The van der Waals surface area contributed by atoms with Gasteiger partial charge in [-0.25, -0.2) is 4.79 Å². The maximum absolute atomic E-state index is 12.7. The van der Waals surface area contributed by atoms with Gasteiger partial charge >= 0.3 is 6.03 Å². The zero-order valence-electron chi connectivity index (χ0n) is 16.9. The van der Waals surface area contributed by atoms with Crippen molar-refractivity contribution >= 4 is 17.6 Å². The van der Waals surface area contributed by atoms with Gasteiger partial charge in [0.25, 0.3) is 5.91 Å². The SMILES string of the molecule is Cc1cccc(NC(=O)N2CC[C@]3(CC[C@H](C(=O)N4CCCC4)O3)[C@@H](C)C2)c1. The third kappa shape index (κ3) is 3.75. The molecule has 152 valence electrons. The first-order chi connectivity index (χ1) is 13.5. The molecule has 0 bridgehead atoms. The van der Waals surface area contributed by atoms with Gasteiger partial charge in [-0.15, -0.1) is 0 Å². The van der Waals surface area contributed by atoms with Crippen molar-refractivity contribution in [2.45, 2.75) is 57.7 Å². The third-order valence-electron chi connectivity index (χ3n) is 6.65. The standard InChI is InChI=1S/C22H31N3O3/c1-16-6-5-7-18(14-16)23-21(27)25-13-10-22(17(2)15-25)9-8-19(28-22)20(26)24-11-3-4-12-24/h5-7,14,17,19H,3-4,8-13,15H2,1-2H3,(H,23,27)/t17-,19+,22+/m0/s1. The van der Waals surface area contributed by atoms with Crippen molar-refractivity contribution in [2.75, 3.05) is 31.5 Å². The van der Waals surface area contributed by atoms with E-state index in [2.05, 4.69) is 12.2 Å². The number of hydrogen-bond acceptors (Lipinski definition) is 3. The fraction of sp³-hybridized carbons (Fsp3) is 0.636. The van der Waals surface area contributed by atoms with Gasteiger partial charge < -0.3 is 19.9 Å². The summed E-state index contributed by atoms with van der Waals surface area (Å²) in [5, 5.41) is 3.00. The van der Waals surface area contributed by atoms with Gasteiger partial charge in [0.2, 0.25) is 0 Å². The van der Waals surface area contributed by atoms with Crippen molar-refractivity contribution in [1.29, 1.82) is 0 Å². The lowest BCUT2D eigenvalue weighted by Crippen LogP contribution is -2.54. The van der Waals surface area contributed by atoms with Crippen molar-refractivity contribution in [1.82, 2.24) is 9.80 Å². The van der Waals surface area contributed by atoms with Crippen LogP contribution in [0.2, 0.25) is 0 Å². The first kappa shape index (κ1) is 19.2. The smallest absolute Gasteiger partial charge is 0.321 e. The molecule has 0 aromatic heterocycles. The fourth-order valence-corrected chi connectivity index (χ4v) is 4.91. The van der Waals surface area contributed by atoms with Gasteiger partial charge in [0, 0.05) is 37.8 Å². The molecular formula is C22H31N3O3. The number of carbonyl (C=O) groups excluding carboxylic acids is 2. The van der Waals surface area contributed by atoms with Crippen molar-refractivity contribution < 1.29 is 14.3 Å². The molecule has 1 spiro atoms. The second-order valence-electron chi connectivity index (χ2n) is 8.64. The molecule has 0 radical (unpaired) electrons. The van der Waals surface area contributed by atoms with Crippen LogP contribution >= 0.6 is 0 Å². The predicted octanol–water partition coefficient (Wildman–Crippen LogP) is 3.41. The number of piperidine rings is 1. The number of likely N-dealkylation sites (tertiary alicyclic amines) is 2. The molecule has 3 amide bonds. The second-order valence-corrected chi connectivity index (χ2v) is 8.64. The van der Waals surface area contributed by atoms with Gasteiger partial charge in [0.05, 0.1) is 5.60 Å². The molecule has 3 heterocycles. The molecule has 0 unspecified atom stereocenters. The Kier molecular flexibility index (Phi) is 5.32. The van der Waals surface area contributed by atoms with Crippen LogP contribution in [0.3, 0.4) is 0 Å². The Morgan fingerprint density at radius 1 is 1.14 bits per heavy atom. The van der Waals surface area contributed by atoms with Crippen LogP contribution < -0.4 is 5.32 Å². The van der Waals surface area contributed by atoms with Crippen LogP contribution in [0, 0.1) is 12.8 Å². The predicted molar refractivity (Wildman–Crippen MR) is 108 cm³/mol. The highest BCUT2D eigenvalue weighted by molar-refractivity contribution is 5.89. The highest BCUT2D eigenvalue weighted by atomic mass is 16.5. The molecule has 3 saturated heterocycles. The largest absolute Gasteiger partial charge is 0.362 e. The summed E-state index contributed by atoms with van der Waals surface area (Å²) in [6, 6.07) is 7.79. The van der Waals surface area contributed by atoms with E-state index >= 15 is 0 Å². The molecular weight excluding hydrogens is 354 g/mol. The molecule has 28 heavy (non-hydrogen) atoms. The van der Waals surface area contributed by atoms with Crippen molar-refractivity contribution in [3.63, 3.8) is 0 Å². The zero-order chi connectivity index (χ0) is 19.7. The molecule has 1 aromatic rings. The van der Waals surface area contributed by atoms with Crippen LogP contribution in [0.5, 0.6) is 0 Å². The van der Waals surface area contributed by atoms with E-state index in [1.807, 2.05) is 41.0 Å². The van der Waals surface area contributed by atoms with Crippen molar-refractivity contribution in [3.8, 4) is 0 Å². The molecule has 0 aliphatic carbocycles. The van der Waals surface area contributed by atoms with E-state index in [1.54, 1.807) is 0 Å². The first-order valence-electron chi connectivity index (χ1n) is 10.6. The number of hydrogen-bond donors (Lipinski definition) is 1. The lowest BCUT2D eigenvalue weighted by atomic mass is 9.80. The number of nitrogens with one attached hydrogen (secondary N) is 1. The van der Waals surface area contributed by atoms with E-state index in [1.165, 1.54) is 0 Å². The van der Waals surface area contributed by atoms with Crippen LogP contribution in [0.1, 0.15) is 44.6 Å². The number of aryl methyl sites for hydroxylation is 1. The number of carbonyl (C=O) groups is 2. The van der Waals surface area contributed by atoms with Gasteiger partial charge in [0.15, 0.2) is 0 Å². The number of urea groups is 1. The van der Waals surface area contributed by atoms with Crippen molar-refractivity contribution in [2.24, 2.45) is 5.92 Å². The first-order valence-corrected chi connectivity index (χ1v) is 10.6. The summed E-state index contributed by atoms with van der Waals surface area (Å²) in [6.07, 6.45) is 4.41. The highest BCUT2D eigenvalue weighted by Gasteiger charge is 2.50. The number of rotatable bonds is 2. The molecule has 6 nitrogen and oxygen atoms in total. The molecule has 6 heteroatoms. The Morgan fingerprint density at radius 2 is 1.93 bits per heavy atom. The summed E-state index contributed by atoms with van der Waals surface area (Å²) in [7, 11) is 0. The fourth-order valence-electron chi connectivity index (χ4n) is 4.91. The van der Waals surface area contributed by atoms with Gasteiger partial charge in [0.1, 0.15) is 6.10 Å². The van der Waals surface area contributed by atoms with E-state index in [0.717, 1.165) is 56.4 Å². The van der Waals surface area contributed by atoms with Gasteiger partial charge in [-0.2, -0.15) is 0 Å². The normalized spacial score (nSPS) is 30.1. The van der Waals surface area contributed by atoms with E-state index in [9.17, 15) is 9.59 Å². The van der Waals surface area contributed by atoms with Gasteiger partial charge in [-0.1, -0.05) is 19.1 Å². The van der Waals surface area contributed by atoms with Gasteiger partial charge in [-0.05, 0) is 56.7 Å². The third-order valence-corrected chi connectivity index (χ3v) is 6.65. The van der Waals surface area contributed by atoms with Gasteiger partial charge in [-0.3, -0.25) is 4.79 Å². The molecule has 1 N–H and O–H groups in total. The molecule has 4 rings (SSSR count). The molecule has 0 saturated carbocycles. The molecule has 3 atom stereocenters. The Balaban J connectivity index is 1.34. The average molecular weight is 386 g/mol. The summed E-state index contributed by atoms with van der Waals surface area (Å²) in [6.45, 7) is 7.21. The maximum Gasteiger partial charge on any atom is 0.321 e. The summed E-state index contributed by atoms with van der Waals surface area (Å²) in [4.78, 5) is 29.2. The Labute approximate surface area is 167 Å². The number of amides is 3. The maximum atomic E-state index is 12.7. The minimum Gasteiger partial charge on any atom is -0.362 e. The minimum atomic E-state index is -0.298. The monoisotopic (exact) mass is 385 g/mol. The molecule has 3 aliphatic heterocycles. The summed E-state index contributed by atoms with van der Waals surface area (Å²) < 4.78 is 6.39. The van der Waals surface area contributed by atoms with E-state index in [4.69, 9.17) is 4.74 Å². The number of nitrogens with zero attached hydrogens (tertiary/aromatic N) is 2. The summed E-state index contributed by atoms with van der Waals surface area (Å²) in [5.74, 6) is 0.377. The Morgan fingerprint density at radius 3 is 2.64 bits per heavy atom. The van der Waals surface area contributed by atoms with Crippen LogP contribution in [0.15, 0.2) is 24.3 Å².